The SMILES string of the molecule is COc1cc(C=NNC(=O)C(=O)Nc2sc3c(c2C#N)CCCC3)ccc1OC(=O)c1ccccc1Cl. The fourth-order valence-corrected chi connectivity index (χ4v) is 5.23. The lowest BCUT2D eigenvalue weighted by Crippen LogP contribution is -2.32. The number of aryl methyl sites for hydroxylation is 1. The number of ether oxygens (including phenoxy) is 2. The average molecular weight is 537 g/mol. The maximum Gasteiger partial charge on any atom is 0.345 e. The Morgan fingerprint density at radius 3 is 2.65 bits per heavy atom. The highest BCUT2D eigenvalue weighted by atomic mass is 35.5. The van der Waals surface area contributed by atoms with Gasteiger partial charge < -0.3 is 14.8 Å². The van der Waals surface area contributed by atoms with E-state index in [2.05, 4.69) is 21.9 Å². The van der Waals surface area contributed by atoms with Crippen molar-refractivity contribution in [1.82, 2.24) is 5.43 Å². The monoisotopic (exact) mass is 536 g/mol. The number of nitrogens with one attached hydrogen (secondary N) is 2. The summed E-state index contributed by atoms with van der Waals surface area (Å²) in [7, 11) is 1.41. The first-order valence-electron chi connectivity index (χ1n) is 11.2. The van der Waals surface area contributed by atoms with Crippen molar-refractivity contribution < 1.29 is 23.9 Å². The third-order valence-corrected chi connectivity index (χ3v) is 7.12. The molecule has 0 atom stereocenters. The normalized spacial score (nSPS) is 12.4. The molecule has 11 heteroatoms. The van der Waals surface area contributed by atoms with E-state index in [9.17, 15) is 19.6 Å². The Kier molecular flexibility index (Phi) is 8.18. The number of nitrogens with zero attached hydrogens (tertiary/aromatic N) is 2. The first kappa shape index (κ1) is 25.9. The molecule has 0 unspecified atom stereocenters. The molecule has 188 valence electrons. The van der Waals surface area contributed by atoms with Crippen molar-refractivity contribution in [3.8, 4) is 17.6 Å². The van der Waals surface area contributed by atoms with Gasteiger partial charge in [-0.05, 0) is 67.1 Å². The summed E-state index contributed by atoms with van der Waals surface area (Å²) < 4.78 is 10.7. The summed E-state index contributed by atoms with van der Waals surface area (Å²) in [6.45, 7) is 0. The van der Waals surface area contributed by atoms with Crippen LogP contribution in [0.3, 0.4) is 0 Å². The lowest BCUT2D eigenvalue weighted by atomic mass is 9.96. The Morgan fingerprint density at radius 2 is 1.89 bits per heavy atom. The van der Waals surface area contributed by atoms with Gasteiger partial charge in [-0.2, -0.15) is 10.4 Å². The van der Waals surface area contributed by atoms with Gasteiger partial charge in [0.2, 0.25) is 0 Å². The molecule has 1 aromatic heterocycles. The maximum atomic E-state index is 12.4. The highest BCUT2D eigenvalue weighted by molar-refractivity contribution is 7.16. The van der Waals surface area contributed by atoms with E-state index in [0.29, 0.717) is 16.1 Å². The summed E-state index contributed by atoms with van der Waals surface area (Å²) in [4.78, 5) is 38.1. The van der Waals surface area contributed by atoms with Crippen molar-refractivity contribution in [2.75, 3.05) is 12.4 Å². The minimum absolute atomic E-state index is 0.167. The molecule has 0 fully saturated rings. The van der Waals surface area contributed by atoms with Crippen LogP contribution < -0.4 is 20.2 Å². The number of benzene rings is 2. The molecule has 2 N–H and O–H groups in total. The highest BCUT2D eigenvalue weighted by Gasteiger charge is 2.23. The van der Waals surface area contributed by atoms with Gasteiger partial charge in [-0.15, -0.1) is 11.3 Å². The molecule has 2 aromatic carbocycles. The molecule has 2 amide bonds. The van der Waals surface area contributed by atoms with Crippen LogP contribution in [0.25, 0.3) is 0 Å². The number of halogens is 1. The van der Waals surface area contributed by atoms with Crippen molar-refractivity contribution in [1.29, 1.82) is 5.26 Å². The fourth-order valence-electron chi connectivity index (χ4n) is 3.78. The van der Waals surface area contributed by atoms with Crippen LogP contribution in [0.4, 0.5) is 5.00 Å². The predicted octanol–water partition coefficient (Wildman–Crippen LogP) is 4.47. The van der Waals surface area contributed by atoms with E-state index in [-0.39, 0.29) is 22.1 Å². The zero-order valence-corrected chi connectivity index (χ0v) is 21.2. The van der Waals surface area contributed by atoms with Crippen LogP contribution in [-0.2, 0) is 22.4 Å². The number of anilines is 1. The van der Waals surface area contributed by atoms with Crippen molar-refractivity contribution in [3.63, 3.8) is 0 Å². The van der Waals surface area contributed by atoms with Gasteiger partial charge in [0.1, 0.15) is 11.1 Å². The van der Waals surface area contributed by atoms with E-state index >= 15 is 0 Å². The largest absolute Gasteiger partial charge is 0.493 e. The van der Waals surface area contributed by atoms with Crippen molar-refractivity contribution in [2.45, 2.75) is 25.7 Å². The molecule has 0 radical (unpaired) electrons. The first-order valence-corrected chi connectivity index (χ1v) is 12.4. The molecule has 0 spiro atoms. The number of carbonyl (C=O) groups excluding carboxylic acids is 3. The smallest absolute Gasteiger partial charge is 0.345 e. The van der Waals surface area contributed by atoms with Gasteiger partial charge in [0.15, 0.2) is 11.5 Å². The molecule has 0 saturated carbocycles. The molecule has 1 heterocycles. The maximum absolute atomic E-state index is 12.4. The summed E-state index contributed by atoms with van der Waals surface area (Å²) in [6.07, 6.45) is 5.00. The van der Waals surface area contributed by atoms with Gasteiger partial charge in [-0.25, -0.2) is 10.2 Å². The number of carbonyl (C=O) groups is 3. The summed E-state index contributed by atoms with van der Waals surface area (Å²) in [6, 6.07) is 13.3. The Hall–Kier alpha value is -4.20. The quantitative estimate of drug-likeness (QED) is 0.157. The number of esters is 1. The number of hydrogen-bond acceptors (Lipinski definition) is 8. The number of hydrazone groups is 1. The van der Waals surface area contributed by atoms with Gasteiger partial charge in [-0.3, -0.25) is 9.59 Å². The summed E-state index contributed by atoms with van der Waals surface area (Å²) >= 11 is 7.38. The lowest BCUT2D eigenvalue weighted by Gasteiger charge is -2.10. The summed E-state index contributed by atoms with van der Waals surface area (Å²) in [5, 5.41) is 16.5. The van der Waals surface area contributed by atoms with Crippen LogP contribution in [0, 0.1) is 11.3 Å². The Bertz CT molecular complexity index is 1440. The molecule has 3 aromatic rings. The Labute approximate surface area is 221 Å². The minimum Gasteiger partial charge on any atom is -0.493 e. The molecule has 0 aliphatic heterocycles. The number of thiophene rings is 1. The Morgan fingerprint density at radius 1 is 1.11 bits per heavy atom. The van der Waals surface area contributed by atoms with Crippen LogP contribution in [0.2, 0.25) is 5.02 Å². The molecule has 9 nitrogen and oxygen atoms in total. The zero-order chi connectivity index (χ0) is 26.4. The Balaban J connectivity index is 1.38. The van der Waals surface area contributed by atoms with Crippen molar-refractivity contribution in [2.24, 2.45) is 5.10 Å². The van der Waals surface area contributed by atoms with E-state index < -0.39 is 17.8 Å². The van der Waals surface area contributed by atoms with Gasteiger partial charge in [0.05, 0.1) is 29.5 Å². The third kappa shape index (κ3) is 5.97. The number of rotatable bonds is 6. The number of fused-ring (bicyclic) bond motifs is 1. The standard InChI is InChI=1S/C26H21ClN4O5S/c1-35-21-12-15(10-11-20(21)36-26(34)17-7-2-4-8-19(17)27)14-29-31-24(33)23(32)30-25-18(13-28)16-6-3-5-9-22(16)37-25/h2,4,7-8,10-12,14H,3,5-6,9H2,1H3,(H,30,32)(H,31,33). The molecular formula is C26H21ClN4O5S. The van der Waals surface area contributed by atoms with Crippen molar-refractivity contribution in [3.05, 3.63) is 74.6 Å². The number of amides is 2. The fraction of sp³-hybridized carbons (Fsp3) is 0.192. The number of methoxy groups -OCH3 is 1. The van der Waals surface area contributed by atoms with Gasteiger partial charge in [-0.1, -0.05) is 23.7 Å². The second-order valence-corrected chi connectivity index (χ2v) is 9.47. The minimum atomic E-state index is -0.983. The van der Waals surface area contributed by atoms with E-state index in [1.807, 2.05) is 0 Å². The first-order chi connectivity index (χ1) is 17.9. The molecular weight excluding hydrogens is 516 g/mol. The molecule has 37 heavy (non-hydrogen) atoms. The van der Waals surface area contributed by atoms with Crippen LogP contribution in [0.5, 0.6) is 11.5 Å². The second-order valence-electron chi connectivity index (χ2n) is 7.96. The number of nitriles is 1. The van der Waals surface area contributed by atoms with Crippen molar-refractivity contribution >= 4 is 51.9 Å². The highest BCUT2D eigenvalue weighted by Crippen LogP contribution is 2.37. The molecule has 1 aliphatic carbocycles. The predicted molar refractivity (Wildman–Crippen MR) is 139 cm³/mol. The van der Waals surface area contributed by atoms with Crippen LogP contribution in [0.1, 0.15) is 44.8 Å². The van der Waals surface area contributed by atoms with E-state index in [1.54, 1.807) is 36.4 Å². The number of hydrogen-bond donors (Lipinski definition) is 2. The molecule has 1 aliphatic rings. The van der Waals surface area contributed by atoms with Gasteiger partial charge in [0.25, 0.3) is 0 Å². The summed E-state index contributed by atoms with van der Waals surface area (Å²) in [5.41, 5.74) is 4.26. The molecule has 0 saturated heterocycles. The third-order valence-electron chi connectivity index (χ3n) is 5.58. The van der Waals surface area contributed by atoms with E-state index in [1.165, 1.54) is 30.7 Å². The van der Waals surface area contributed by atoms with E-state index in [0.717, 1.165) is 36.1 Å². The summed E-state index contributed by atoms with van der Waals surface area (Å²) in [5.74, 6) is -2.13. The van der Waals surface area contributed by atoms with Crippen LogP contribution in [-0.4, -0.2) is 31.1 Å². The molecule has 4 rings (SSSR count). The second kappa shape index (κ2) is 11.7. The lowest BCUT2D eigenvalue weighted by molar-refractivity contribution is -0.136. The molecule has 0 bridgehead atoms. The zero-order valence-electron chi connectivity index (χ0n) is 19.7. The van der Waals surface area contributed by atoms with Gasteiger partial charge in [0, 0.05) is 4.88 Å². The van der Waals surface area contributed by atoms with Gasteiger partial charge >= 0.3 is 17.8 Å². The van der Waals surface area contributed by atoms with Crippen LogP contribution in [0.15, 0.2) is 47.6 Å². The average Bonchev–Trinajstić information content (AvgIpc) is 3.26. The topological polar surface area (TPSA) is 130 Å². The van der Waals surface area contributed by atoms with E-state index in [4.69, 9.17) is 21.1 Å². The van der Waals surface area contributed by atoms with Crippen LogP contribution >= 0.6 is 22.9 Å².